The predicted molar refractivity (Wildman–Crippen MR) is 339 cm³/mol. The smallest absolute Gasteiger partial charge is 0.507 e. The Labute approximate surface area is 567 Å². The van der Waals surface area contributed by atoms with Gasteiger partial charge >= 0.3 is 12.3 Å². The van der Waals surface area contributed by atoms with E-state index in [1.165, 1.54) is 64.5 Å². The van der Waals surface area contributed by atoms with Gasteiger partial charge in [-0.2, -0.15) is 5.26 Å². The summed E-state index contributed by atoms with van der Waals surface area (Å²) in [6.45, 7) is 18.3. The molecule has 6 unspecified atom stereocenters. The van der Waals surface area contributed by atoms with Gasteiger partial charge < -0.3 is 83.1 Å². The Bertz CT molecular complexity index is 3940. The molecule has 524 valence electrons. The molecule has 28 nitrogen and oxygen atoms in total. The van der Waals surface area contributed by atoms with Gasteiger partial charge in [0.05, 0.1) is 117 Å². The van der Waals surface area contributed by atoms with Crippen molar-refractivity contribution >= 4 is 52.5 Å². The highest BCUT2D eigenvalue weighted by Gasteiger charge is 2.54. The molecular formula is C69H77ClN4O24. The van der Waals surface area contributed by atoms with Gasteiger partial charge in [-0.05, 0) is 45.7 Å². The minimum absolute atomic E-state index is 0.00771. The molecule has 3 heterocycles. The quantitative estimate of drug-likeness (QED) is 0.0178. The van der Waals surface area contributed by atoms with Gasteiger partial charge in [0.15, 0.2) is 35.7 Å². The molecule has 29 heteroatoms. The summed E-state index contributed by atoms with van der Waals surface area (Å²) >= 11 is 5.65. The lowest BCUT2D eigenvalue weighted by Crippen LogP contribution is -2.61. The molecule has 98 heavy (non-hydrogen) atoms. The number of morpholine rings is 1. The highest BCUT2D eigenvalue weighted by atomic mass is 35.5. The van der Waals surface area contributed by atoms with E-state index < -0.39 is 190 Å². The molecule has 0 aromatic heterocycles. The van der Waals surface area contributed by atoms with E-state index in [1.807, 2.05) is 18.7 Å². The van der Waals surface area contributed by atoms with Crippen molar-refractivity contribution < 1.29 is 117 Å². The van der Waals surface area contributed by atoms with Crippen molar-refractivity contribution in [1.29, 1.82) is 5.26 Å². The number of aliphatic hydroxyl groups is 3. The van der Waals surface area contributed by atoms with Crippen LogP contribution in [0.5, 0.6) is 34.5 Å². The first-order chi connectivity index (χ1) is 46.6. The van der Waals surface area contributed by atoms with E-state index >= 15 is 0 Å². The number of phenolic OH excluding ortho intramolecular Hbond substituents is 4. The van der Waals surface area contributed by atoms with E-state index in [2.05, 4.69) is 16.2 Å². The Kier molecular flexibility index (Phi) is 21.7. The molecule has 3 fully saturated rings. The third-order valence-electron chi connectivity index (χ3n) is 19.0. The van der Waals surface area contributed by atoms with Crippen molar-refractivity contribution in [2.24, 2.45) is 5.92 Å². The van der Waals surface area contributed by atoms with E-state index in [-0.39, 0.29) is 113 Å². The molecule has 7 aliphatic rings. The number of nitrogens with one attached hydrogen (secondary N) is 1. The fourth-order valence-corrected chi connectivity index (χ4v) is 14.1. The molecule has 0 saturated carbocycles. The third-order valence-corrected chi connectivity index (χ3v) is 19.2. The number of methoxy groups -OCH3 is 2. The lowest BCUT2D eigenvalue weighted by molar-refractivity contribution is -0.263. The largest absolute Gasteiger partial charge is 0.508 e. The van der Waals surface area contributed by atoms with Crippen LogP contribution in [0.15, 0.2) is 36.4 Å². The summed E-state index contributed by atoms with van der Waals surface area (Å²) in [5, 5.41) is 93.2. The van der Waals surface area contributed by atoms with Crippen LogP contribution >= 0.6 is 11.6 Å². The number of carbonyl (C=O) groups is 7. The van der Waals surface area contributed by atoms with Gasteiger partial charge in [-0.15, -0.1) is 11.6 Å². The number of hydrogen-bond acceptors (Lipinski definition) is 27. The van der Waals surface area contributed by atoms with Gasteiger partial charge in [-0.1, -0.05) is 38.1 Å². The first-order valence-electron chi connectivity index (χ1n) is 31.9. The van der Waals surface area contributed by atoms with Crippen LogP contribution in [-0.4, -0.2) is 214 Å². The fraction of sp³-hybridized carbons (Fsp3) is 0.522. The van der Waals surface area contributed by atoms with Gasteiger partial charge in [0.1, 0.15) is 64.5 Å². The first-order valence-corrected chi connectivity index (χ1v) is 32.4. The maximum absolute atomic E-state index is 14.0. The second kappa shape index (κ2) is 29.3. The summed E-state index contributed by atoms with van der Waals surface area (Å²) in [6.07, 6.45) is -11.8. The van der Waals surface area contributed by atoms with Crippen LogP contribution < -0.4 is 14.8 Å². The Morgan fingerprint density at radius 2 is 1.26 bits per heavy atom. The molecule has 0 spiro atoms. The molecule has 14 atom stereocenters. The Morgan fingerprint density at radius 3 is 1.72 bits per heavy atom. The molecule has 3 aliphatic heterocycles. The Morgan fingerprint density at radius 1 is 0.755 bits per heavy atom. The number of carbonyl (C=O) groups excluding carboxylic acids is 7. The number of nitriles is 1. The Hall–Kier alpha value is -8.20. The number of aromatic hydroxyl groups is 4. The van der Waals surface area contributed by atoms with Crippen LogP contribution in [0.25, 0.3) is 4.85 Å². The second-order valence-corrected chi connectivity index (χ2v) is 26.1. The maximum Gasteiger partial charge on any atom is 0.508 e. The molecule has 0 radical (unpaired) electrons. The Balaban J connectivity index is 0.000000214. The summed E-state index contributed by atoms with van der Waals surface area (Å²) < 4.78 is 57.4. The monoisotopic (exact) mass is 1380 g/mol. The molecule has 4 aliphatic carbocycles. The average Bonchev–Trinajstić information content (AvgIpc) is 0.717. The molecule has 8 N–H and O–H groups in total. The molecule has 3 saturated heterocycles. The number of phenols is 4. The zero-order chi connectivity index (χ0) is 71.1. The second-order valence-electron chi connectivity index (χ2n) is 25.7. The molecule has 11 rings (SSSR count). The fourth-order valence-electron chi connectivity index (χ4n) is 14.0. The van der Waals surface area contributed by atoms with E-state index in [1.54, 1.807) is 13.8 Å². The van der Waals surface area contributed by atoms with Crippen LogP contribution in [0, 0.1) is 23.8 Å². The van der Waals surface area contributed by atoms with Crippen LogP contribution in [-0.2, 0) is 60.3 Å². The minimum atomic E-state index is -2.09. The van der Waals surface area contributed by atoms with Crippen LogP contribution in [0.4, 0.5) is 4.79 Å². The minimum Gasteiger partial charge on any atom is -0.507 e. The highest BCUT2D eigenvalue weighted by molar-refractivity contribution is 6.32. The average molecular weight is 1380 g/mol. The van der Waals surface area contributed by atoms with Gasteiger partial charge in [-0.25, -0.2) is 16.3 Å². The number of benzene rings is 4. The third kappa shape index (κ3) is 13.6. The van der Waals surface area contributed by atoms with Crippen molar-refractivity contribution in [3.63, 3.8) is 0 Å². The molecule has 0 bridgehead atoms. The normalized spacial score (nSPS) is 28.2. The maximum atomic E-state index is 14.0. The number of Topliss-reactive ketones (excluding diaryl/α,β-unsaturated/α-hetero) is 2. The number of nitrogens with zero attached hydrogens (tertiary/aromatic N) is 3. The van der Waals surface area contributed by atoms with Crippen molar-refractivity contribution in [3.05, 3.63) is 115 Å². The van der Waals surface area contributed by atoms with Crippen LogP contribution in [0.3, 0.4) is 0 Å². The van der Waals surface area contributed by atoms with Crippen LogP contribution in [0.2, 0.25) is 0 Å². The highest BCUT2D eigenvalue weighted by Crippen LogP contribution is 2.55. The van der Waals surface area contributed by atoms with E-state index in [9.17, 15) is 74.6 Å². The lowest BCUT2D eigenvalue weighted by Gasteiger charge is -2.46. The van der Waals surface area contributed by atoms with Gasteiger partial charge in [0.25, 0.3) is 0 Å². The lowest BCUT2D eigenvalue weighted by atomic mass is 9.72. The molecule has 4 aromatic carbocycles. The summed E-state index contributed by atoms with van der Waals surface area (Å²) in [4.78, 5) is 99.2. The van der Waals surface area contributed by atoms with Gasteiger partial charge in [0.2, 0.25) is 11.6 Å². The van der Waals surface area contributed by atoms with Crippen LogP contribution in [0.1, 0.15) is 165 Å². The number of hydrogen-bond donors (Lipinski definition) is 8. The van der Waals surface area contributed by atoms with Crippen molar-refractivity contribution in [2.45, 2.75) is 165 Å². The number of fused-ring (bicyclic) bond motifs is 6. The number of rotatable bonds is 18. The van der Waals surface area contributed by atoms with E-state index in [4.69, 9.17) is 65.5 Å². The number of ketones is 6. The number of halogens is 1. The summed E-state index contributed by atoms with van der Waals surface area (Å²) in [5.41, 5.74) is -6.68. The van der Waals surface area contributed by atoms with Crippen molar-refractivity contribution in [3.8, 4) is 40.6 Å². The zero-order valence-corrected chi connectivity index (χ0v) is 55.7. The SMILES string of the molecule is COc1cccc2c1C(=O)c1c(O)c3c(c(O)c1C2=O)C[C@@](O)(C(C)=O)C[C@@H]3O[C@H]1CC(NC(C#N)COCCCl)C(O)[C@H](C)O1.[C-]#[N+]C1COCCN1C1C[C@H](O[C@H]2C[C@](O)(C(C)=O)Cc3c(O)c4c(c(O)c32)C(=O)c2c(OC)cccc2C4=O)O[C@@H](C)C1OC(=O)OCC(C)C. The molecular weight excluding hydrogens is 1300 g/mol. The number of alkyl halides is 1. The van der Waals surface area contributed by atoms with E-state index in [0.29, 0.717) is 13.2 Å². The molecule has 4 aromatic rings. The summed E-state index contributed by atoms with van der Waals surface area (Å²) in [6, 6.07) is 8.71. The standard InChI is InChI=1S/C37H42N2O13.C32H35ClN2O11/c1-17(2)15-49-36(45)52-35-18(3)50-26(12-22(35)39-10-11-48-16-25(39)38-5)51-24-14-37(46,19(4)40)13-21-28(24)34(44)30-29(32(21)42)31(41)20-8-7-9-23(47-6)27(20)33(30)43;1-14-27(37)19(35-16(12-34)13-44-8-7-33)9-22(45-14)46-21-11-32(42,15(2)36)10-18-24(21)31(41)26-25(29(18)39)28(38)17-5-4-6-20(43-3)23(17)30(26)40/h7-9,17-18,22,24-26,35,42,44,46H,10-16H2,1-4,6H3;4-6,14,16,19,21-22,27,35,37,39,41-42H,7-11,13H2,1-3H3/t18-,22?,24-,25?,26-,35?,37-;14-,16?,19?,21-,22-,27?,32-/m00/s1. The summed E-state index contributed by atoms with van der Waals surface area (Å²) in [5.74, 6) is -6.47. The topological polar surface area (TPSA) is 397 Å². The molecule has 0 amide bonds. The van der Waals surface area contributed by atoms with E-state index in [0.717, 1.165) is 0 Å². The van der Waals surface area contributed by atoms with Crippen molar-refractivity contribution in [1.82, 2.24) is 10.2 Å². The van der Waals surface area contributed by atoms with Gasteiger partial charge in [-0.3, -0.25) is 38.9 Å². The predicted octanol–water partition coefficient (Wildman–Crippen LogP) is 5.27. The van der Waals surface area contributed by atoms with Crippen molar-refractivity contribution in [2.75, 3.05) is 59.7 Å². The number of ether oxygens (including phenoxy) is 10. The number of aliphatic hydroxyl groups excluding tert-OH is 1. The van der Waals surface area contributed by atoms with Gasteiger partial charge in [0, 0.05) is 90.4 Å². The zero-order valence-electron chi connectivity index (χ0n) is 55.0. The summed E-state index contributed by atoms with van der Waals surface area (Å²) in [7, 11) is 2.66. The first kappa shape index (κ1) is 72.5.